The highest BCUT2D eigenvalue weighted by atomic mass is 16.8. The summed E-state index contributed by atoms with van der Waals surface area (Å²) in [6.07, 6.45) is 0. The van der Waals surface area contributed by atoms with E-state index in [1.807, 2.05) is 0 Å². The molecule has 0 unspecified atom stereocenters. The SMILES string of the molecule is O=[N+]([O-])/N=c1\[n-]c(-c2no[n+]([O-])c2-c2nnn[n-]2)no1.[NH4+].[NH4+]. The van der Waals surface area contributed by atoms with Crippen LogP contribution in [0, 0.1) is 15.3 Å². The molecule has 3 aromatic rings. The third kappa shape index (κ3) is 2.73. The predicted octanol–water partition coefficient (Wildman–Crippen LogP) is -2.43. The van der Waals surface area contributed by atoms with E-state index in [2.05, 4.69) is 50.2 Å². The molecule has 118 valence electrons. The Kier molecular flexibility index (Phi) is 4.56. The fourth-order valence-corrected chi connectivity index (χ4v) is 1.24. The van der Waals surface area contributed by atoms with Gasteiger partial charge in [0.05, 0.1) is 5.82 Å². The van der Waals surface area contributed by atoms with E-state index in [1.165, 1.54) is 0 Å². The summed E-state index contributed by atoms with van der Waals surface area (Å²) in [4.78, 5) is 13.7. The van der Waals surface area contributed by atoms with Crippen LogP contribution in [0.1, 0.15) is 0 Å². The first-order valence-electron chi connectivity index (χ1n) is 4.64. The fourth-order valence-electron chi connectivity index (χ4n) is 1.24. The van der Waals surface area contributed by atoms with E-state index in [4.69, 9.17) is 0 Å². The van der Waals surface area contributed by atoms with Gasteiger partial charge >= 0.3 is 0 Å². The zero-order valence-electron chi connectivity index (χ0n) is 11.0. The van der Waals surface area contributed by atoms with Crippen molar-refractivity contribution in [3.05, 3.63) is 21.0 Å². The van der Waals surface area contributed by atoms with Crippen molar-refractivity contribution in [2.24, 2.45) is 5.10 Å². The van der Waals surface area contributed by atoms with Crippen LogP contribution in [0.3, 0.4) is 0 Å². The van der Waals surface area contributed by atoms with E-state index in [0.29, 0.717) is 0 Å². The average Bonchev–Trinajstić information content (AvgIpc) is 3.07. The van der Waals surface area contributed by atoms with E-state index < -0.39 is 10.7 Å². The third-order valence-corrected chi connectivity index (χ3v) is 1.94. The smallest absolute Gasteiger partial charge is 0.265 e. The van der Waals surface area contributed by atoms with Crippen LogP contribution >= 0.6 is 0 Å². The van der Waals surface area contributed by atoms with Crippen molar-refractivity contribution in [2.45, 2.75) is 0 Å². The van der Waals surface area contributed by atoms with Crippen LogP contribution in [0.5, 0.6) is 0 Å². The quantitative estimate of drug-likeness (QED) is 0.289. The molecule has 0 atom stereocenters. The van der Waals surface area contributed by atoms with Gasteiger partial charge in [-0.3, -0.25) is 14.9 Å². The second kappa shape index (κ2) is 6.15. The lowest BCUT2D eigenvalue weighted by atomic mass is 10.3. The van der Waals surface area contributed by atoms with E-state index in [9.17, 15) is 15.3 Å². The van der Waals surface area contributed by atoms with E-state index in [-0.39, 0.29) is 40.2 Å². The van der Waals surface area contributed by atoms with Gasteiger partial charge in [-0.05, 0) is 10.0 Å². The molecule has 3 heterocycles. The lowest BCUT2D eigenvalue weighted by Gasteiger charge is -1.95. The zero-order valence-corrected chi connectivity index (χ0v) is 11.0. The molecule has 0 aliphatic heterocycles. The summed E-state index contributed by atoms with van der Waals surface area (Å²) in [6, 6.07) is 0. The minimum atomic E-state index is -1.02. The summed E-state index contributed by atoms with van der Waals surface area (Å²) < 4.78 is 8.83. The van der Waals surface area contributed by atoms with Crippen molar-refractivity contribution in [1.82, 2.24) is 48.2 Å². The normalized spacial score (nSPS) is 10.8. The standard InChI is InChI=1S/C5N10O5.2H3N/c16-14-2(4-7-12-13-8-4)1(10-20-14)3-6-5(19-11-3)9-15(17)18;;/h;2*1H3/q-2;;/p+2. The number of tetrazole rings is 1. The molecule has 0 aromatic carbocycles. The third-order valence-electron chi connectivity index (χ3n) is 1.94. The second-order valence-electron chi connectivity index (χ2n) is 3.07. The van der Waals surface area contributed by atoms with Crippen molar-refractivity contribution in [2.75, 3.05) is 0 Å². The van der Waals surface area contributed by atoms with Crippen LogP contribution in [0.2, 0.25) is 0 Å². The number of quaternary nitrogens is 2. The Morgan fingerprint density at radius 1 is 1.27 bits per heavy atom. The molecule has 0 spiro atoms. The summed E-state index contributed by atoms with van der Waals surface area (Å²) in [5.74, 6) is -0.461. The molecule has 3 aromatic heterocycles. The fraction of sp³-hybridized carbons (Fsp3) is 0. The van der Waals surface area contributed by atoms with Crippen molar-refractivity contribution < 1.29 is 19.1 Å². The Morgan fingerprint density at radius 2 is 2.05 bits per heavy atom. The first-order chi connectivity index (χ1) is 9.65. The van der Waals surface area contributed by atoms with Crippen LogP contribution in [0.4, 0.5) is 0 Å². The van der Waals surface area contributed by atoms with Crippen molar-refractivity contribution in [3.63, 3.8) is 0 Å². The van der Waals surface area contributed by atoms with Gasteiger partial charge < -0.3 is 32.1 Å². The molecule has 0 saturated heterocycles. The van der Waals surface area contributed by atoms with Gasteiger partial charge in [0.2, 0.25) is 5.69 Å². The van der Waals surface area contributed by atoms with Gasteiger partial charge in [-0.2, -0.15) is 5.21 Å². The molecular formula is C5H8N12O5. The molecule has 17 nitrogen and oxygen atoms in total. The van der Waals surface area contributed by atoms with Crippen molar-refractivity contribution in [1.29, 1.82) is 0 Å². The van der Waals surface area contributed by atoms with E-state index >= 15 is 0 Å². The number of rotatable bonds is 3. The molecule has 0 amide bonds. The monoisotopic (exact) mass is 316 g/mol. The molecule has 0 aliphatic carbocycles. The molecule has 0 saturated carbocycles. The number of hydrogen-bond donors (Lipinski definition) is 2. The Bertz CT molecular complexity index is 811. The maximum absolute atomic E-state index is 11.4. The van der Waals surface area contributed by atoms with Crippen LogP contribution in [-0.4, -0.2) is 30.9 Å². The number of aromatic nitrogens is 8. The maximum Gasteiger partial charge on any atom is 0.265 e. The number of nitro groups is 1. The van der Waals surface area contributed by atoms with E-state index in [0.717, 1.165) is 0 Å². The zero-order chi connectivity index (χ0) is 14.1. The molecule has 0 bridgehead atoms. The minimum Gasteiger partial charge on any atom is -0.409 e. The largest absolute Gasteiger partial charge is 0.409 e. The molecule has 0 radical (unpaired) electrons. The highest BCUT2D eigenvalue weighted by molar-refractivity contribution is 5.65. The summed E-state index contributed by atoms with van der Waals surface area (Å²) in [7, 11) is 0. The van der Waals surface area contributed by atoms with Crippen molar-refractivity contribution >= 4 is 0 Å². The Balaban J connectivity index is 0.00000121. The summed E-state index contributed by atoms with van der Waals surface area (Å²) in [6.45, 7) is 0. The van der Waals surface area contributed by atoms with Gasteiger partial charge in [0.1, 0.15) is 10.9 Å². The van der Waals surface area contributed by atoms with Crippen LogP contribution in [0.25, 0.3) is 23.0 Å². The molecule has 8 N–H and O–H groups in total. The summed E-state index contributed by atoms with van der Waals surface area (Å²) in [5, 5.41) is 43.4. The number of hydrogen-bond acceptors (Lipinski definition) is 10. The highest BCUT2D eigenvalue weighted by Gasteiger charge is 2.22. The average molecular weight is 316 g/mol. The molecule has 22 heavy (non-hydrogen) atoms. The topological polar surface area (TPSA) is 274 Å². The van der Waals surface area contributed by atoms with Crippen molar-refractivity contribution in [3.8, 4) is 23.0 Å². The molecule has 3 rings (SSSR count). The van der Waals surface area contributed by atoms with Crippen LogP contribution in [-0.2, 0) is 0 Å². The molecule has 0 fully saturated rings. The Labute approximate surface area is 117 Å². The summed E-state index contributed by atoms with van der Waals surface area (Å²) in [5.41, 5.74) is -1.11. The Morgan fingerprint density at radius 3 is 2.68 bits per heavy atom. The molecule has 0 aliphatic rings. The highest BCUT2D eigenvalue weighted by Crippen LogP contribution is 2.20. The number of nitrogens with zero attached hydrogens (tertiary/aromatic N) is 10. The minimum absolute atomic E-state index is 0. The van der Waals surface area contributed by atoms with Crippen LogP contribution < -0.4 is 33.0 Å². The Hall–Kier alpha value is -3.73. The first kappa shape index (κ1) is 16.3. The van der Waals surface area contributed by atoms with Gasteiger partial charge in [-0.25, -0.2) is 15.3 Å². The van der Waals surface area contributed by atoms with Gasteiger partial charge in [-0.1, -0.05) is 0 Å². The lowest BCUT2D eigenvalue weighted by Crippen LogP contribution is -2.26. The molecular weight excluding hydrogens is 308 g/mol. The van der Waals surface area contributed by atoms with E-state index in [1.54, 1.807) is 0 Å². The van der Waals surface area contributed by atoms with Gasteiger partial charge in [0, 0.05) is 5.16 Å². The molecule has 17 heteroatoms. The van der Waals surface area contributed by atoms with Gasteiger partial charge in [0.25, 0.3) is 11.4 Å². The first-order valence-corrected chi connectivity index (χ1v) is 4.64. The van der Waals surface area contributed by atoms with Gasteiger partial charge in [-0.15, -0.1) is 0 Å². The van der Waals surface area contributed by atoms with Crippen LogP contribution in [0.15, 0.2) is 14.3 Å². The lowest BCUT2D eigenvalue weighted by molar-refractivity contribution is -0.793. The van der Waals surface area contributed by atoms with Gasteiger partial charge in [0.15, 0.2) is 0 Å². The maximum atomic E-state index is 11.4. The second-order valence-corrected chi connectivity index (χ2v) is 3.07. The predicted molar refractivity (Wildman–Crippen MR) is 60.9 cm³/mol. The summed E-state index contributed by atoms with van der Waals surface area (Å²) >= 11 is 0.